The van der Waals surface area contributed by atoms with Crippen molar-refractivity contribution in [1.29, 1.82) is 0 Å². The first kappa shape index (κ1) is 20.5. The van der Waals surface area contributed by atoms with Crippen molar-refractivity contribution in [2.24, 2.45) is 5.10 Å². The second-order valence-corrected chi connectivity index (χ2v) is 9.66. The molecule has 0 saturated heterocycles. The Hall–Kier alpha value is -3.14. The van der Waals surface area contributed by atoms with Gasteiger partial charge in [-0.25, -0.2) is 9.99 Å². The van der Waals surface area contributed by atoms with Crippen molar-refractivity contribution >= 4 is 56.6 Å². The van der Waals surface area contributed by atoms with Gasteiger partial charge in [-0.1, -0.05) is 41.9 Å². The summed E-state index contributed by atoms with van der Waals surface area (Å²) in [7, 11) is 1.61. The molecule has 0 aliphatic carbocycles. The van der Waals surface area contributed by atoms with Gasteiger partial charge in [0.05, 0.1) is 30.1 Å². The fraction of sp³-hybridized carbons (Fsp3) is 0.130. The fourth-order valence-corrected chi connectivity index (χ4v) is 5.44. The molecule has 1 N–H and O–H groups in total. The molecule has 10 heteroatoms. The van der Waals surface area contributed by atoms with Gasteiger partial charge < -0.3 is 19.2 Å². The van der Waals surface area contributed by atoms with Crippen LogP contribution in [0.4, 0.5) is 0 Å². The third-order valence-corrected chi connectivity index (χ3v) is 7.31. The number of thioether (sulfide) groups is 1. The topological polar surface area (TPSA) is 72.1 Å². The predicted octanol–water partition coefficient (Wildman–Crippen LogP) is 5.94. The highest BCUT2D eigenvalue weighted by molar-refractivity contribution is 8.14. The predicted molar refractivity (Wildman–Crippen MR) is 132 cm³/mol. The highest BCUT2D eigenvalue weighted by Gasteiger charge is 2.34. The average Bonchev–Trinajstić information content (AvgIpc) is 3.59. The van der Waals surface area contributed by atoms with Gasteiger partial charge in [0, 0.05) is 22.0 Å². The molecule has 33 heavy (non-hydrogen) atoms. The van der Waals surface area contributed by atoms with E-state index < -0.39 is 0 Å². The first-order valence-corrected chi connectivity index (χ1v) is 12.2. The molecular weight excluding hydrogens is 480 g/mol. The smallest absolute Gasteiger partial charge is 0.271 e. The highest BCUT2D eigenvalue weighted by Crippen LogP contribution is 2.38. The number of aromatic nitrogens is 1. The molecule has 2 aliphatic heterocycles. The van der Waals surface area contributed by atoms with E-state index in [2.05, 4.69) is 10.4 Å². The van der Waals surface area contributed by atoms with Crippen LogP contribution in [-0.2, 0) is 11.3 Å². The monoisotopic (exact) mass is 496 g/mol. The lowest BCUT2D eigenvalue weighted by Gasteiger charge is -2.10. The van der Waals surface area contributed by atoms with Crippen molar-refractivity contribution in [3.05, 3.63) is 76.6 Å². The van der Waals surface area contributed by atoms with Crippen molar-refractivity contribution in [2.75, 3.05) is 7.11 Å². The van der Waals surface area contributed by atoms with Crippen LogP contribution in [0.15, 0.2) is 69.6 Å². The molecule has 7 nitrogen and oxygen atoms in total. The van der Waals surface area contributed by atoms with E-state index in [1.807, 2.05) is 53.0 Å². The molecule has 2 aromatic carbocycles. The van der Waals surface area contributed by atoms with Gasteiger partial charge in [-0.3, -0.25) is 0 Å². The van der Waals surface area contributed by atoms with Gasteiger partial charge >= 0.3 is 0 Å². The third-order valence-electron chi connectivity index (χ3n) is 5.14. The molecule has 4 heterocycles. The number of fused-ring (bicyclic) bond motifs is 2. The van der Waals surface area contributed by atoms with E-state index >= 15 is 0 Å². The Kier molecular flexibility index (Phi) is 5.17. The van der Waals surface area contributed by atoms with Crippen molar-refractivity contribution in [3.63, 3.8) is 0 Å². The SMILES string of the molecule is COC1=NN2C=C(c3cc4c(OCc5csc(-c6ccccc6)n5)cc(Cl)cc4o3)NC2S1. The number of methoxy groups -OCH3 is 1. The van der Waals surface area contributed by atoms with E-state index in [1.54, 1.807) is 30.6 Å². The molecule has 0 fully saturated rings. The lowest BCUT2D eigenvalue weighted by molar-refractivity contribution is 0.306. The zero-order valence-corrected chi connectivity index (χ0v) is 19.7. The zero-order chi connectivity index (χ0) is 22.4. The van der Waals surface area contributed by atoms with Crippen molar-refractivity contribution in [1.82, 2.24) is 15.3 Å². The maximum Gasteiger partial charge on any atom is 0.271 e. The second kappa shape index (κ2) is 8.33. The summed E-state index contributed by atoms with van der Waals surface area (Å²) >= 11 is 9.43. The zero-order valence-electron chi connectivity index (χ0n) is 17.3. The van der Waals surface area contributed by atoms with Crippen LogP contribution in [0.3, 0.4) is 0 Å². The number of rotatable bonds is 5. The summed E-state index contributed by atoms with van der Waals surface area (Å²) in [4.78, 5) is 4.70. The molecule has 0 saturated carbocycles. The van der Waals surface area contributed by atoms with Crippen molar-refractivity contribution in [3.8, 4) is 16.3 Å². The highest BCUT2D eigenvalue weighted by atomic mass is 35.5. The maximum absolute atomic E-state index is 6.34. The molecule has 2 aliphatic rings. The number of hydrogen-bond acceptors (Lipinski definition) is 9. The van der Waals surface area contributed by atoms with Crippen molar-refractivity contribution in [2.45, 2.75) is 12.1 Å². The summed E-state index contributed by atoms with van der Waals surface area (Å²) in [5.41, 5.74) is 3.39. The Bertz CT molecular complexity index is 1400. The molecule has 6 rings (SSSR count). The summed E-state index contributed by atoms with van der Waals surface area (Å²) in [6.45, 7) is 0.335. The molecule has 0 amide bonds. The molecule has 0 spiro atoms. The van der Waals surface area contributed by atoms with Gasteiger partial charge in [0.25, 0.3) is 5.23 Å². The van der Waals surface area contributed by atoms with Crippen LogP contribution in [0.1, 0.15) is 11.5 Å². The molecule has 2 aromatic heterocycles. The van der Waals surface area contributed by atoms with E-state index in [0.29, 0.717) is 34.0 Å². The van der Waals surface area contributed by atoms with Crippen LogP contribution in [-0.4, -0.2) is 27.8 Å². The molecular formula is C23H17ClN4O3S2. The molecule has 1 atom stereocenters. The minimum atomic E-state index is -0.0500. The number of benzene rings is 2. The van der Waals surface area contributed by atoms with Crippen LogP contribution >= 0.6 is 34.7 Å². The number of halogens is 1. The van der Waals surface area contributed by atoms with Gasteiger partial charge in [0.1, 0.15) is 22.9 Å². The lowest BCUT2D eigenvalue weighted by atomic mass is 10.2. The molecule has 4 aromatic rings. The Labute approximate surface area is 202 Å². The molecule has 1 unspecified atom stereocenters. The summed E-state index contributed by atoms with van der Waals surface area (Å²) in [5.74, 6) is 1.33. The Morgan fingerprint density at radius 1 is 1.21 bits per heavy atom. The van der Waals surface area contributed by atoms with E-state index in [0.717, 1.165) is 27.3 Å². The number of hydrazone groups is 1. The molecule has 0 bridgehead atoms. The van der Waals surface area contributed by atoms with E-state index in [-0.39, 0.29) is 5.50 Å². The number of furan rings is 1. The third kappa shape index (κ3) is 3.92. The van der Waals surface area contributed by atoms with Crippen LogP contribution in [0.5, 0.6) is 5.75 Å². The Morgan fingerprint density at radius 2 is 2.09 bits per heavy atom. The van der Waals surface area contributed by atoms with Gasteiger partial charge in [-0.05, 0) is 23.9 Å². The maximum atomic E-state index is 6.34. The first-order valence-electron chi connectivity index (χ1n) is 10.1. The first-order chi connectivity index (χ1) is 16.2. The van der Waals surface area contributed by atoms with E-state index in [4.69, 9.17) is 30.5 Å². The fourth-order valence-electron chi connectivity index (χ4n) is 3.60. The number of nitrogens with one attached hydrogen (secondary N) is 1. The van der Waals surface area contributed by atoms with Crippen LogP contribution in [0.2, 0.25) is 5.02 Å². The van der Waals surface area contributed by atoms with Gasteiger partial charge in [0.2, 0.25) is 0 Å². The number of ether oxygens (including phenoxy) is 2. The minimum Gasteiger partial charge on any atom is -0.486 e. The normalized spacial score (nSPS) is 17.0. The standard InChI is InChI=1S/C23H17ClN4O3S2/c1-29-23-27-28-10-17(26-22(28)33-23)20-9-16-18(7-14(24)8-19(16)31-20)30-11-15-12-32-21(25-15)13-5-3-2-4-6-13/h2-10,12,22,26H,11H2,1H3. The van der Waals surface area contributed by atoms with E-state index in [9.17, 15) is 0 Å². The van der Waals surface area contributed by atoms with Crippen molar-refractivity contribution < 1.29 is 13.9 Å². The largest absolute Gasteiger partial charge is 0.486 e. The van der Waals surface area contributed by atoms with Crippen LogP contribution in [0, 0.1) is 0 Å². The molecule has 0 radical (unpaired) electrons. The summed E-state index contributed by atoms with van der Waals surface area (Å²) in [6, 6.07) is 15.6. The Morgan fingerprint density at radius 3 is 2.91 bits per heavy atom. The number of thiazole rings is 1. The molecule has 166 valence electrons. The number of hydrogen-bond donors (Lipinski definition) is 1. The lowest BCUT2D eigenvalue weighted by Crippen LogP contribution is -2.25. The Balaban J connectivity index is 1.24. The second-order valence-electron chi connectivity index (χ2n) is 7.33. The number of nitrogens with zero attached hydrogens (tertiary/aromatic N) is 3. The van der Waals surface area contributed by atoms with Crippen LogP contribution in [0.25, 0.3) is 27.2 Å². The van der Waals surface area contributed by atoms with Gasteiger partial charge in [-0.2, -0.15) is 0 Å². The summed E-state index contributed by atoms with van der Waals surface area (Å²) in [5, 5.41) is 14.5. The van der Waals surface area contributed by atoms with Gasteiger partial charge in [0.15, 0.2) is 11.3 Å². The summed E-state index contributed by atoms with van der Waals surface area (Å²) < 4.78 is 17.4. The minimum absolute atomic E-state index is 0.0500. The summed E-state index contributed by atoms with van der Waals surface area (Å²) in [6.07, 6.45) is 1.89. The van der Waals surface area contributed by atoms with E-state index in [1.165, 1.54) is 11.8 Å². The average molecular weight is 497 g/mol. The quantitative estimate of drug-likeness (QED) is 0.366. The van der Waals surface area contributed by atoms with Gasteiger partial charge in [-0.15, -0.1) is 16.4 Å². The van der Waals surface area contributed by atoms with Crippen LogP contribution < -0.4 is 10.1 Å².